The van der Waals surface area contributed by atoms with E-state index in [1.54, 1.807) is 6.08 Å². The smallest absolute Gasteiger partial charge is 0.123 e. The molecule has 12 heavy (non-hydrogen) atoms. The molecule has 0 aromatic carbocycles. The number of nitrogens with one attached hydrogen (secondary N) is 1. The van der Waals surface area contributed by atoms with Crippen molar-refractivity contribution in [3.63, 3.8) is 0 Å². The summed E-state index contributed by atoms with van der Waals surface area (Å²) in [5.41, 5.74) is 0.749. The minimum atomic E-state index is -0.0963. The van der Waals surface area contributed by atoms with Gasteiger partial charge in [0.2, 0.25) is 0 Å². The Bertz CT molecular complexity index is 171. The number of allylic oxidation sites excluding steroid dienone is 2. The fourth-order valence-corrected chi connectivity index (χ4v) is 0.894. The Balaban J connectivity index is 4.07. The van der Waals surface area contributed by atoms with Crippen molar-refractivity contribution in [3.8, 4) is 0 Å². The first-order valence-electron chi connectivity index (χ1n) is 4.48. The maximum atomic E-state index is 13.1. The van der Waals surface area contributed by atoms with Gasteiger partial charge in [-0.1, -0.05) is 19.9 Å². The second-order valence-corrected chi connectivity index (χ2v) is 2.55. The molecule has 0 spiro atoms. The van der Waals surface area contributed by atoms with Crippen molar-refractivity contribution in [2.75, 3.05) is 13.1 Å². The first kappa shape index (κ1) is 11.4. The van der Waals surface area contributed by atoms with Gasteiger partial charge in [0.1, 0.15) is 5.83 Å². The molecular weight excluding hydrogens is 153 g/mol. The van der Waals surface area contributed by atoms with Crippen LogP contribution in [-0.2, 0) is 0 Å². The first-order valence-corrected chi connectivity index (χ1v) is 4.48. The van der Waals surface area contributed by atoms with Crippen LogP contribution in [0.15, 0.2) is 23.6 Å². The lowest BCUT2D eigenvalue weighted by molar-refractivity contribution is 0.626. The van der Waals surface area contributed by atoms with Crippen molar-refractivity contribution in [3.05, 3.63) is 23.6 Å². The molecule has 70 valence electrons. The number of hydrogen-bond donors (Lipinski definition) is 1. The topological polar surface area (TPSA) is 12.0 Å². The summed E-state index contributed by atoms with van der Waals surface area (Å²) in [6, 6.07) is 0. The molecule has 0 rings (SSSR count). The molecule has 0 atom stereocenters. The lowest BCUT2D eigenvalue weighted by Crippen LogP contribution is -2.16. The van der Waals surface area contributed by atoms with Crippen LogP contribution in [0, 0.1) is 0 Å². The van der Waals surface area contributed by atoms with Crippen molar-refractivity contribution in [1.82, 2.24) is 5.32 Å². The molecule has 0 aliphatic carbocycles. The minimum absolute atomic E-state index is 0.0963. The van der Waals surface area contributed by atoms with Gasteiger partial charge in [0.15, 0.2) is 0 Å². The third-order valence-electron chi connectivity index (χ3n) is 1.60. The van der Waals surface area contributed by atoms with Gasteiger partial charge in [-0.15, -0.1) is 0 Å². The van der Waals surface area contributed by atoms with Crippen LogP contribution in [0.5, 0.6) is 0 Å². The summed E-state index contributed by atoms with van der Waals surface area (Å²) < 4.78 is 13.1. The van der Waals surface area contributed by atoms with Gasteiger partial charge in [-0.25, -0.2) is 4.39 Å². The van der Waals surface area contributed by atoms with Gasteiger partial charge in [0.05, 0.1) is 0 Å². The van der Waals surface area contributed by atoms with Crippen LogP contribution >= 0.6 is 0 Å². The fraction of sp³-hybridized carbons (Fsp3) is 0.600. The Morgan fingerprint density at radius 2 is 2.08 bits per heavy atom. The molecular formula is C10H18FN. The standard InChI is InChI=1S/C10H18FN/c1-4-7-10(11)9(5-2)8-12-6-3/h5,7,12H,4,6,8H2,1-3H3/b9-5-,10-7+. The Labute approximate surface area is 74.4 Å². The zero-order chi connectivity index (χ0) is 9.40. The highest BCUT2D eigenvalue weighted by Gasteiger charge is 2.00. The summed E-state index contributed by atoms with van der Waals surface area (Å²) in [4.78, 5) is 0. The van der Waals surface area contributed by atoms with Crippen LogP contribution in [0.3, 0.4) is 0 Å². The van der Waals surface area contributed by atoms with Gasteiger partial charge < -0.3 is 5.32 Å². The van der Waals surface area contributed by atoms with Gasteiger partial charge in [-0.05, 0) is 31.5 Å². The molecule has 2 heteroatoms. The molecule has 0 saturated heterocycles. The fourth-order valence-electron chi connectivity index (χ4n) is 0.894. The van der Waals surface area contributed by atoms with E-state index in [-0.39, 0.29) is 5.83 Å². The van der Waals surface area contributed by atoms with Crippen molar-refractivity contribution >= 4 is 0 Å². The van der Waals surface area contributed by atoms with Crippen molar-refractivity contribution in [2.45, 2.75) is 27.2 Å². The van der Waals surface area contributed by atoms with E-state index in [0.29, 0.717) is 6.54 Å². The Kier molecular flexibility index (Phi) is 6.67. The van der Waals surface area contributed by atoms with E-state index < -0.39 is 0 Å². The second kappa shape index (κ2) is 7.04. The normalized spacial score (nSPS) is 13.7. The molecule has 0 fully saturated rings. The molecule has 0 radical (unpaired) electrons. The molecule has 0 bridgehead atoms. The Morgan fingerprint density at radius 3 is 2.50 bits per heavy atom. The van der Waals surface area contributed by atoms with Gasteiger partial charge >= 0.3 is 0 Å². The molecule has 1 N–H and O–H groups in total. The molecule has 1 nitrogen and oxygen atoms in total. The highest BCUT2D eigenvalue weighted by atomic mass is 19.1. The third kappa shape index (κ3) is 4.29. The third-order valence-corrected chi connectivity index (χ3v) is 1.60. The predicted molar refractivity (Wildman–Crippen MR) is 51.8 cm³/mol. The molecule has 0 aliphatic rings. The van der Waals surface area contributed by atoms with E-state index in [4.69, 9.17) is 0 Å². The summed E-state index contributed by atoms with van der Waals surface area (Å²) in [5.74, 6) is -0.0963. The van der Waals surface area contributed by atoms with E-state index in [9.17, 15) is 4.39 Å². The highest BCUT2D eigenvalue weighted by molar-refractivity contribution is 5.25. The lowest BCUT2D eigenvalue weighted by Gasteiger charge is -2.04. The predicted octanol–water partition coefficient (Wildman–Crippen LogP) is 2.81. The number of hydrogen-bond acceptors (Lipinski definition) is 1. The first-order chi connectivity index (χ1) is 5.76. The monoisotopic (exact) mass is 171 g/mol. The maximum absolute atomic E-state index is 13.1. The van der Waals surface area contributed by atoms with Crippen molar-refractivity contribution in [1.29, 1.82) is 0 Å². The molecule has 0 aromatic rings. The lowest BCUT2D eigenvalue weighted by atomic mass is 10.2. The van der Waals surface area contributed by atoms with Crippen LogP contribution in [0.4, 0.5) is 4.39 Å². The van der Waals surface area contributed by atoms with Crippen LogP contribution in [-0.4, -0.2) is 13.1 Å². The van der Waals surface area contributed by atoms with E-state index >= 15 is 0 Å². The minimum Gasteiger partial charge on any atom is -0.313 e. The van der Waals surface area contributed by atoms with E-state index in [1.807, 2.05) is 26.8 Å². The van der Waals surface area contributed by atoms with Crippen LogP contribution in [0.25, 0.3) is 0 Å². The summed E-state index contributed by atoms with van der Waals surface area (Å²) in [6.45, 7) is 7.29. The average molecular weight is 171 g/mol. The van der Waals surface area contributed by atoms with Gasteiger partial charge in [0.25, 0.3) is 0 Å². The average Bonchev–Trinajstić information content (AvgIpc) is 2.06. The van der Waals surface area contributed by atoms with Crippen molar-refractivity contribution in [2.24, 2.45) is 0 Å². The molecule has 0 aromatic heterocycles. The summed E-state index contributed by atoms with van der Waals surface area (Å²) in [5, 5.41) is 3.09. The summed E-state index contributed by atoms with van der Waals surface area (Å²) in [7, 11) is 0. The van der Waals surface area contributed by atoms with E-state index in [1.165, 1.54) is 0 Å². The van der Waals surface area contributed by atoms with Gasteiger partial charge in [-0.2, -0.15) is 0 Å². The van der Waals surface area contributed by atoms with Gasteiger partial charge in [0, 0.05) is 6.54 Å². The quantitative estimate of drug-likeness (QED) is 0.627. The number of halogens is 1. The zero-order valence-electron chi connectivity index (χ0n) is 8.15. The molecule has 0 saturated carbocycles. The number of rotatable bonds is 5. The molecule has 0 unspecified atom stereocenters. The second-order valence-electron chi connectivity index (χ2n) is 2.55. The Hall–Kier alpha value is -0.630. The largest absolute Gasteiger partial charge is 0.313 e. The van der Waals surface area contributed by atoms with E-state index in [0.717, 1.165) is 18.5 Å². The molecule has 0 aliphatic heterocycles. The number of likely N-dealkylation sites (N-methyl/N-ethyl adjacent to an activating group) is 1. The van der Waals surface area contributed by atoms with E-state index in [2.05, 4.69) is 5.32 Å². The SMILES string of the molecule is C/C=C(CNCC)\C(F)=C/CC. The van der Waals surface area contributed by atoms with Crippen LogP contribution in [0.2, 0.25) is 0 Å². The van der Waals surface area contributed by atoms with Crippen LogP contribution < -0.4 is 5.32 Å². The summed E-state index contributed by atoms with van der Waals surface area (Å²) >= 11 is 0. The van der Waals surface area contributed by atoms with Gasteiger partial charge in [-0.3, -0.25) is 0 Å². The van der Waals surface area contributed by atoms with Crippen molar-refractivity contribution < 1.29 is 4.39 Å². The Morgan fingerprint density at radius 1 is 1.42 bits per heavy atom. The van der Waals surface area contributed by atoms with Crippen LogP contribution in [0.1, 0.15) is 27.2 Å². The summed E-state index contributed by atoms with van der Waals surface area (Å²) in [6.07, 6.45) is 4.16. The molecule has 0 amide bonds. The highest BCUT2D eigenvalue weighted by Crippen LogP contribution is 2.10. The zero-order valence-corrected chi connectivity index (χ0v) is 8.15. The molecule has 0 heterocycles. The maximum Gasteiger partial charge on any atom is 0.123 e.